The summed E-state index contributed by atoms with van der Waals surface area (Å²) in [6.07, 6.45) is 0. The molecule has 46 valence electrons. The fraction of sp³-hybridized carbons (Fsp3) is 0.143. The van der Waals surface area contributed by atoms with Gasteiger partial charge in [0.15, 0.2) is 0 Å². The number of hydrogen-bond donors (Lipinski definition) is 0. The number of benzene rings is 1. The predicted molar refractivity (Wildman–Crippen MR) is 39.3 cm³/mol. The molecule has 0 bridgehead atoms. The Hall–Kier alpha value is -0.785. The smallest absolute Gasteiger partial charge is 0.139 e. The predicted octanol–water partition coefficient (Wildman–Crippen LogP) is 0.393. The second-order valence-electron chi connectivity index (χ2n) is 2.23. The van der Waals surface area contributed by atoms with Crippen LogP contribution in [0.5, 0.6) is 0 Å². The van der Waals surface area contributed by atoms with E-state index in [0.717, 1.165) is 11.0 Å². The third-order valence-electron chi connectivity index (χ3n) is 1.47. The quantitative estimate of drug-likeness (QED) is 0.436. The Kier molecular flexibility index (Phi) is 1.56. The molecule has 0 atom stereocenters. The molecule has 0 saturated carbocycles. The molecule has 0 fully saturated rings. The Labute approximate surface area is 55.1 Å². The largest absolute Gasteiger partial charge is 0.207 e. The maximum absolute atomic E-state index is 12.3. The summed E-state index contributed by atoms with van der Waals surface area (Å²) in [6.45, 7) is 1.97. The summed E-state index contributed by atoms with van der Waals surface area (Å²) in [5.41, 5.74) is 2.14. The van der Waals surface area contributed by atoms with Gasteiger partial charge in [-0.15, -0.1) is 0 Å². The zero-order valence-electron chi connectivity index (χ0n) is 5.61. The first kappa shape index (κ1) is 6.34. The molecule has 0 spiro atoms. The maximum Gasteiger partial charge on any atom is 0.139 e. The highest BCUT2D eigenvalue weighted by molar-refractivity contribution is 6.33. The number of halogens is 1. The molecule has 0 aliphatic carbocycles. The molecule has 0 amide bonds. The van der Waals surface area contributed by atoms with Crippen molar-refractivity contribution in [2.75, 3.05) is 0 Å². The van der Waals surface area contributed by atoms with Gasteiger partial charge in [0.2, 0.25) is 0 Å². The van der Waals surface area contributed by atoms with E-state index in [2.05, 4.69) is 0 Å². The maximum atomic E-state index is 12.3. The molecule has 0 saturated heterocycles. The molecule has 9 heavy (non-hydrogen) atoms. The van der Waals surface area contributed by atoms with Gasteiger partial charge in [-0.1, -0.05) is 17.1 Å². The summed E-state index contributed by atoms with van der Waals surface area (Å²) in [7, 11) is 1.90. The Morgan fingerprint density at radius 3 is 2.56 bits per heavy atom. The summed E-state index contributed by atoms with van der Waals surface area (Å²) in [4.78, 5) is 0. The van der Waals surface area contributed by atoms with Gasteiger partial charge in [0.05, 0.1) is 0 Å². The highest BCUT2D eigenvalue weighted by Crippen LogP contribution is 1.96. The second-order valence-corrected chi connectivity index (χ2v) is 2.23. The average Bonchev–Trinajstić information content (AvgIpc) is 1.80. The van der Waals surface area contributed by atoms with E-state index in [-0.39, 0.29) is 5.82 Å². The summed E-state index contributed by atoms with van der Waals surface area (Å²) in [5.74, 6) is -0.155. The molecule has 0 aromatic heterocycles. The van der Waals surface area contributed by atoms with Crippen LogP contribution in [-0.2, 0) is 0 Å². The van der Waals surface area contributed by atoms with E-state index in [0.29, 0.717) is 0 Å². The zero-order valence-corrected chi connectivity index (χ0v) is 5.61. The Morgan fingerprint density at radius 1 is 1.44 bits per heavy atom. The minimum absolute atomic E-state index is 0.155. The molecule has 0 N–H and O–H groups in total. The fourth-order valence-electron chi connectivity index (χ4n) is 0.705. The van der Waals surface area contributed by atoms with E-state index in [1.807, 2.05) is 14.8 Å². The van der Waals surface area contributed by atoms with Gasteiger partial charge in [0, 0.05) is 0 Å². The van der Waals surface area contributed by atoms with Gasteiger partial charge in [-0.2, -0.15) is 0 Å². The summed E-state index contributed by atoms with van der Waals surface area (Å²) >= 11 is 0. The first-order chi connectivity index (χ1) is 4.20. The van der Waals surface area contributed by atoms with E-state index in [1.54, 1.807) is 6.07 Å². The van der Waals surface area contributed by atoms with Crippen molar-refractivity contribution in [1.82, 2.24) is 0 Å². The van der Waals surface area contributed by atoms with Crippen LogP contribution in [0.2, 0.25) is 0 Å². The number of aryl methyl sites for hydroxylation is 1. The molecule has 0 unspecified atom stereocenters. The minimum atomic E-state index is -0.155. The van der Waals surface area contributed by atoms with Crippen molar-refractivity contribution in [3.8, 4) is 0 Å². The SMILES string of the molecule is Bc1cc(F)ccc1C. The fourth-order valence-corrected chi connectivity index (χ4v) is 0.705. The van der Waals surface area contributed by atoms with E-state index in [9.17, 15) is 4.39 Å². The minimum Gasteiger partial charge on any atom is -0.207 e. The third kappa shape index (κ3) is 1.32. The van der Waals surface area contributed by atoms with E-state index in [4.69, 9.17) is 0 Å². The van der Waals surface area contributed by atoms with Gasteiger partial charge >= 0.3 is 0 Å². The van der Waals surface area contributed by atoms with Crippen molar-refractivity contribution in [2.45, 2.75) is 6.92 Å². The standard InChI is InChI=1S/C7H8BF/c1-5-2-3-6(9)4-7(5)8/h2-4H,8H2,1H3. The lowest BCUT2D eigenvalue weighted by Crippen LogP contribution is -2.06. The van der Waals surface area contributed by atoms with Crippen molar-refractivity contribution in [1.29, 1.82) is 0 Å². The summed E-state index contributed by atoms with van der Waals surface area (Å²) in [5, 5.41) is 0. The van der Waals surface area contributed by atoms with Gasteiger partial charge in [-0.3, -0.25) is 0 Å². The van der Waals surface area contributed by atoms with Gasteiger partial charge in [-0.25, -0.2) is 4.39 Å². The van der Waals surface area contributed by atoms with Gasteiger partial charge in [0.25, 0.3) is 0 Å². The average molecular weight is 122 g/mol. The van der Waals surface area contributed by atoms with Crippen molar-refractivity contribution in [3.05, 3.63) is 29.6 Å². The molecule has 2 heteroatoms. The van der Waals surface area contributed by atoms with Crippen LogP contribution < -0.4 is 5.46 Å². The Morgan fingerprint density at radius 2 is 2.11 bits per heavy atom. The van der Waals surface area contributed by atoms with Crippen LogP contribution in [0.1, 0.15) is 5.56 Å². The van der Waals surface area contributed by atoms with Crippen LogP contribution in [0.25, 0.3) is 0 Å². The molecule has 1 aromatic carbocycles. The molecule has 0 radical (unpaired) electrons. The lowest BCUT2D eigenvalue weighted by molar-refractivity contribution is 0.628. The van der Waals surface area contributed by atoms with Gasteiger partial charge in [-0.05, 0) is 19.1 Å². The van der Waals surface area contributed by atoms with Crippen molar-refractivity contribution < 1.29 is 4.39 Å². The van der Waals surface area contributed by atoms with Crippen LogP contribution in [-0.4, -0.2) is 7.85 Å². The van der Waals surface area contributed by atoms with Crippen LogP contribution in [0.3, 0.4) is 0 Å². The highest BCUT2D eigenvalue weighted by atomic mass is 19.1. The van der Waals surface area contributed by atoms with Crippen LogP contribution in [0.15, 0.2) is 18.2 Å². The van der Waals surface area contributed by atoms with E-state index >= 15 is 0 Å². The molecule has 1 aromatic rings. The molecule has 0 nitrogen and oxygen atoms in total. The molecular formula is C7H8BF. The lowest BCUT2D eigenvalue weighted by Gasteiger charge is -1.96. The first-order valence-corrected chi connectivity index (χ1v) is 2.93. The molecule has 0 aliphatic heterocycles. The zero-order chi connectivity index (χ0) is 6.85. The topological polar surface area (TPSA) is 0 Å². The van der Waals surface area contributed by atoms with Crippen LogP contribution >= 0.6 is 0 Å². The van der Waals surface area contributed by atoms with E-state index in [1.165, 1.54) is 12.1 Å². The Bertz CT molecular complexity index is 220. The van der Waals surface area contributed by atoms with Crippen LogP contribution in [0, 0.1) is 12.7 Å². The number of hydrogen-bond acceptors (Lipinski definition) is 0. The summed E-state index contributed by atoms with van der Waals surface area (Å²) < 4.78 is 12.3. The van der Waals surface area contributed by atoms with Crippen molar-refractivity contribution >= 4 is 13.3 Å². The van der Waals surface area contributed by atoms with Gasteiger partial charge in [0.1, 0.15) is 13.7 Å². The van der Waals surface area contributed by atoms with Crippen molar-refractivity contribution in [2.24, 2.45) is 0 Å². The monoisotopic (exact) mass is 122 g/mol. The van der Waals surface area contributed by atoms with E-state index < -0.39 is 0 Å². The molecular weight excluding hydrogens is 114 g/mol. The first-order valence-electron chi connectivity index (χ1n) is 2.93. The third-order valence-corrected chi connectivity index (χ3v) is 1.47. The molecule has 0 aliphatic rings. The van der Waals surface area contributed by atoms with Crippen LogP contribution in [0.4, 0.5) is 4.39 Å². The van der Waals surface area contributed by atoms with Gasteiger partial charge < -0.3 is 0 Å². The van der Waals surface area contributed by atoms with Crippen molar-refractivity contribution in [3.63, 3.8) is 0 Å². The normalized spacial score (nSPS) is 9.56. The summed E-state index contributed by atoms with van der Waals surface area (Å²) in [6, 6.07) is 4.79. The lowest BCUT2D eigenvalue weighted by atomic mass is 9.91. The Balaban J connectivity index is 3.17. The number of rotatable bonds is 0. The highest BCUT2D eigenvalue weighted by Gasteiger charge is 1.91. The molecule has 0 heterocycles. The molecule has 1 rings (SSSR count). The second kappa shape index (κ2) is 2.22.